The van der Waals surface area contributed by atoms with E-state index in [1.165, 1.54) is 6.07 Å². The molecule has 1 saturated heterocycles. The molecule has 0 radical (unpaired) electrons. The molecule has 0 saturated carbocycles. The third kappa shape index (κ3) is 4.06. The van der Waals surface area contributed by atoms with Crippen molar-refractivity contribution in [2.24, 2.45) is 5.92 Å². The molecule has 7 heteroatoms. The Bertz CT molecular complexity index is 1030. The van der Waals surface area contributed by atoms with Gasteiger partial charge in [-0.2, -0.15) is 5.10 Å². The second kappa shape index (κ2) is 8.65. The van der Waals surface area contributed by atoms with Crippen LogP contribution in [0.15, 0.2) is 54.7 Å². The molecule has 1 aliphatic heterocycles. The summed E-state index contributed by atoms with van der Waals surface area (Å²) in [7, 11) is 0. The number of carbonyl (C=O) groups excluding carboxylic acids is 1. The summed E-state index contributed by atoms with van der Waals surface area (Å²) in [4.78, 5) is 14.8. The van der Waals surface area contributed by atoms with E-state index < -0.39 is 11.6 Å². The first kappa shape index (κ1) is 20.1. The Labute approximate surface area is 174 Å². The number of aromatic nitrogens is 2. The normalized spacial score (nSPS) is 16.1. The number of para-hydroxylation sites is 1. The summed E-state index contributed by atoms with van der Waals surface area (Å²) in [5, 5.41) is 7.43. The molecule has 1 fully saturated rings. The van der Waals surface area contributed by atoms with Gasteiger partial charge in [0, 0.05) is 31.4 Å². The van der Waals surface area contributed by atoms with Gasteiger partial charge in [-0.3, -0.25) is 4.79 Å². The van der Waals surface area contributed by atoms with Crippen molar-refractivity contribution in [1.82, 2.24) is 15.1 Å². The van der Waals surface area contributed by atoms with Crippen LogP contribution in [-0.2, 0) is 6.42 Å². The first-order valence-corrected chi connectivity index (χ1v) is 10.2. The fraction of sp³-hybridized carbons (Fsp3) is 0.304. The summed E-state index contributed by atoms with van der Waals surface area (Å²) in [6, 6.07) is 13.7. The Morgan fingerprint density at radius 1 is 1.13 bits per heavy atom. The van der Waals surface area contributed by atoms with Crippen LogP contribution in [0.5, 0.6) is 0 Å². The van der Waals surface area contributed by atoms with Gasteiger partial charge in [0.05, 0.1) is 23.1 Å². The average molecular weight is 410 g/mol. The van der Waals surface area contributed by atoms with Gasteiger partial charge in [0.1, 0.15) is 0 Å². The molecule has 0 bridgehead atoms. The summed E-state index contributed by atoms with van der Waals surface area (Å²) in [6.07, 6.45) is 3.18. The minimum absolute atomic E-state index is 0.139. The number of nitrogens with one attached hydrogen (secondary N) is 1. The van der Waals surface area contributed by atoms with Crippen molar-refractivity contribution in [3.05, 3.63) is 77.6 Å². The predicted molar refractivity (Wildman–Crippen MR) is 112 cm³/mol. The first-order chi connectivity index (χ1) is 14.6. The number of rotatable bonds is 6. The number of hydrogen-bond donors (Lipinski definition) is 1. The summed E-state index contributed by atoms with van der Waals surface area (Å²) < 4.78 is 28.5. The van der Waals surface area contributed by atoms with Crippen molar-refractivity contribution in [3.8, 4) is 5.69 Å². The van der Waals surface area contributed by atoms with Crippen molar-refractivity contribution in [2.45, 2.75) is 19.8 Å². The monoisotopic (exact) mass is 410 g/mol. The third-order valence-electron chi connectivity index (χ3n) is 5.55. The Hall–Kier alpha value is -3.22. The summed E-state index contributed by atoms with van der Waals surface area (Å²) in [5.41, 5.74) is 3.04. The minimum atomic E-state index is -0.843. The lowest BCUT2D eigenvalue weighted by Gasteiger charge is -2.19. The number of anilines is 1. The molecular weight excluding hydrogens is 386 g/mol. The smallest absolute Gasteiger partial charge is 0.254 e. The molecular formula is C23H24F2N4O. The van der Waals surface area contributed by atoms with Gasteiger partial charge >= 0.3 is 0 Å². The van der Waals surface area contributed by atoms with E-state index in [-0.39, 0.29) is 11.8 Å². The fourth-order valence-corrected chi connectivity index (χ4v) is 3.94. The predicted octanol–water partition coefficient (Wildman–Crippen LogP) is 3.97. The summed E-state index contributed by atoms with van der Waals surface area (Å²) in [6.45, 7) is 3.97. The van der Waals surface area contributed by atoms with Gasteiger partial charge in [-0.05, 0) is 43.0 Å². The zero-order valence-corrected chi connectivity index (χ0v) is 16.8. The van der Waals surface area contributed by atoms with Gasteiger partial charge in [0.25, 0.3) is 5.91 Å². The van der Waals surface area contributed by atoms with Crippen LogP contribution in [0, 0.1) is 17.6 Å². The molecule has 0 aliphatic carbocycles. The van der Waals surface area contributed by atoms with Crippen LogP contribution in [0.4, 0.5) is 14.5 Å². The van der Waals surface area contributed by atoms with E-state index in [0.717, 1.165) is 30.4 Å². The van der Waals surface area contributed by atoms with Crippen LogP contribution in [-0.4, -0.2) is 35.3 Å². The highest BCUT2D eigenvalue weighted by Gasteiger charge is 2.25. The lowest BCUT2D eigenvalue weighted by molar-refractivity contribution is 0.0947. The molecule has 2 aromatic carbocycles. The maximum atomic E-state index is 13.5. The Morgan fingerprint density at radius 2 is 1.93 bits per heavy atom. The summed E-state index contributed by atoms with van der Waals surface area (Å²) >= 11 is 0. The summed E-state index contributed by atoms with van der Waals surface area (Å²) in [5.74, 6) is -1.58. The molecule has 3 aromatic rings. The van der Waals surface area contributed by atoms with Crippen molar-refractivity contribution in [3.63, 3.8) is 0 Å². The van der Waals surface area contributed by atoms with Crippen molar-refractivity contribution in [2.75, 3.05) is 24.5 Å². The Balaban J connectivity index is 1.38. The van der Waals surface area contributed by atoms with Gasteiger partial charge in [-0.15, -0.1) is 0 Å². The topological polar surface area (TPSA) is 50.2 Å². The van der Waals surface area contributed by atoms with Gasteiger partial charge in [-0.1, -0.05) is 25.1 Å². The number of hydrogen-bond acceptors (Lipinski definition) is 3. The first-order valence-electron chi connectivity index (χ1n) is 10.2. The van der Waals surface area contributed by atoms with Crippen LogP contribution in [0.1, 0.15) is 29.4 Å². The van der Waals surface area contributed by atoms with E-state index in [1.807, 2.05) is 42.2 Å². The molecule has 2 heterocycles. The lowest BCUT2D eigenvalue weighted by Crippen LogP contribution is -2.31. The molecule has 1 aromatic heterocycles. The molecule has 1 N–H and O–H groups in total. The highest BCUT2D eigenvalue weighted by Crippen LogP contribution is 2.25. The van der Waals surface area contributed by atoms with Crippen LogP contribution >= 0.6 is 0 Å². The highest BCUT2D eigenvalue weighted by atomic mass is 19.2. The van der Waals surface area contributed by atoms with Gasteiger partial charge < -0.3 is 10.2 Å². The molecule has 1 aliphatic rings. The number of benzene rings is 2. The maximum Gasteiger partial charge on any atom is 0.254 e. The average Bonchev–Trinajstić information content (AvgIpc) is 3.41. The van der Waals surface area contributed by atoms with E-state index in [1.54, 1.807) is 16.9 Å². The standard InChI is InChI=1S/C23H24F2N4O/c1-2-22-19(14-27-29(22)17-6-4-3-5-7-17)23(30)26-13-16-10-11-28(15-16)18-8-9-20(24)21(25)12-18/h3-9,12,14,16H,2,10-11,13,15H2,1H3,(H,26,30). The SMILES string of the molecule is CCc1c(C(=O)NCC2CCN(c3ccc(F)c(F)c3)C2)cnn1-c1ccccc1. The highest BCUT2D eigenvalue weighted by molar-refractivity contribution is 5.95. The fourth-order valence-electron chi connectivity index (χ4n) is 3.94. The number of amides is 1. The number of nitrogens with zero attached hydrogens (tertiary/aromatic N) is 3. The number of carbonyl (C=O) groups is 1. The minimum Gasteiger partial charge on any atom is -0.371 e. The molecule has 0 spiro atoms. The van der Waals surface area contributed by atoms with E-state index in [2.05, 4.69) is 10.4 Å². The molecule has 156 valence electrons. The van der Waals surface area contributed by atoms with Crippen molar-refractivity contribution < 1.29 is 13.6 Å². The quantitative estimate of drug-likeness (QED) is 0.669. The molecule has 4 rings (SSSR count). The Morgan fingerprint density at radius 3 is 2.67 bits per heavy atom. The van der Waals surface area contributed by atoms with Gasteiger partial charge in [0.15, 0.2) is 11.6 Å². The zero-order chi connectivity index (χ0) is 21.1. The molecule has 30 heavy (non-hydrogen) atoms. The van der Waals surface area contributed by atoms with Gasteiger partial charge in [0.2, 0.25) is 0 Å². The van der Waals surface area contributed by atoms with Crippen LogP contribution in [0.3, 0.4) is 0 Å². The second-order valence-corrected chi connectivity index (χ2v) is 7.51. The molecule has 1 amide bonds. The molecule has 1 unspecified atom stereocenters. The second-order valence-electron chi connectivity index (χ2n) is 7.51. The molecule has 1 atom stereocenters. The largest absolute Gasteiger partial charge is 0.371 e. The van der Waals surface area contributed by atoms with E-state index >= 15 is 0 Å². The van der Waals surface area contributed by atoms with E-state index in [9.17, 15) is 13.6 Å². The van der Waals surface area contributed by atoms with Crippen LogP contribution < -0.4 is 10.2 Å². The van der Waals surface area contributed by atoms with Crippen LogP contribution in [0.25, 0.3) is 5.69 Å². The van der Waals surface area contributed by atoms with Crippen molar-refractivity contribution >= 4 is 11.6 Å². The number of halogens is 2. The van der Waals surface area contributed by atoms with Gasteiger partial charge in [-0.25, -0.2) is 13.5 Å². The zero-order valence-electron chi connectivity index (χ0n) is 16.8. The van der Waals surface area contributed by atoms with Crippen LogP contribution in [0.2, 0.25) is 0 Å². The maximum absolute atomic E-state index is 13.5. The molecule has 5 nitrogen and oxygen atoms in total. The van der Waals surface area contributed by atoms with E-state index in [4.69, 9.17) is 0 Å². The lowest BCUT2D eigenvalue weighted by atomic mass is 10.1. The van der Waals surface area contributed by atoms with E-state index in [0.29, 0.717) is 30.8 Å². The van der Waals surface area contributed by atoms with Crippen molar-refractivity contribution in [1.29, 1.82) is 0 Å². The Kier molecular flexibility index (Phi) is 5.79. The third-order valence-corrected chi connectivity index (χ3v) is 5.55.